The summed E-state index contributed by atoms with van der Waals surface area (Å²) >= 11 is 0. The number of carbonyl (C=O) groups excluding carboxylic acids is 1. The monoisotopic (exact) mass is 225 g/mol. The summed E-state index contributed by atoms with van der Waals surface area (Å²) in [7, 11) is 0. The van der Waals surface area contributed by atoms with Crippen LogP contribution in [0, 0.1) is 0 Å². The second-order valence-electron chi connectivity index (χ2n) is 2.99. The first-order valence-corrected chi connectivity index (χ1v) is 4.05. The highest BCUT2D eigenvalue weighted by atomic mass is 16.4. The maximum Gasteiger partial charge on any atom is 0.122 e. The van der Waals surface area contributed by atoms with E-state index in [2.05, 4.69) is 0 Å². The van der Waals surface area contributed by atoms with Crippen molar-refractivity contribution in [2.75, 3.05) is 6.61 Å². The van der Waals surface area contributed by atoms with Gasteiger partial charge in [0.25, 0.3) is 0 Å². The van der Waals surface area contributed by atoms with Gasteiger partial charge in [0.05, 0.1) is 12.6 Å². The second-order valence-corrected chi connectivity index (χ2v) is 2.99. The summed E-state index contributed by atoms with van der Waals surface area (Å²) in [5.41, 5.74) is 0. The van der Waals surface area contributed by atoms with Crippen molar-refractivity contribution in [3.63, 3.8) is 0 Å². The van der Waals surface area contributed by atoms with E-state index in [1.165, 1.54) is 0 Å². The molecule has 5 atom stereocenters. The molecule has 0 radical (unpaired) electrons. The van der Waals surface area contributed by atoms with Crippen LogP contribution in [0.3, 0.4) is 0 Å². The van der Waals surface area contributed by atoms with E-state index in [1.807, 2.05) is 0 Å². The van der Waals surface area contributed by atoms with Crippen LogP contribution in [-0.4, -0.2) is 73.7 Å². The molecule has 0 aromatic heterocycles. The average Bonchev–Trinajstić information content (AvgIpc) is 2.23. The van der Waals surface area contributed by atoms with Crippen LogP contribution in [0.25, 0.3) is 0 Å². The maximum absolute atomic E-state index is 10.1. The van der Waals surface area contributed by atoms with E-state index in [-0.39, 0.29) is 0 Å². The smallest absolute Gasteiger partial charge is 0.122 e. The lowest BCUT2D eigenvalue weighted by molar-refractivity contribution is -0.320. The number of aliphatic hydroxyl groups is 6. The van der Waals surface area contributed by atoms with Crippen molar-refractivity contribution in [2.24, 2.45) is 0 Å². The highest BCUT2D eigenvalue weighted by Gasteiger charge is 2.34. The molecule has 0 saturated carbocycles. The van der Waals surface area contributed by atoms with Crippen molar-refractivity contribution in [1.29, 1.82) is 0 Å². The van der Waals surface area contributed by atoms with Crippen LogP contribution < -0.4 is 5.11 Å². The molecule has 6 N–H and O–H groups in total. The summed E-state index contributed by atoms with van der Waals surface area (Å²) in [5, 5.41) is 63.2. The van der Waals surface area contributed by atoms with E-state index >= 15 is 0 Å². The molecule has 0 aromatic carbocycles. The fourth-order valence-electron chi connectivity index (χ4n) is 0.864. The Bertz CT molecular complexity index is 207. The number of rotatable bonds is 6. The molecule has 0 rings (SSSR count). The van der Waals surface area contributed by atoms with Gasteiger partial charge in [-0.1, -0.05) is 0 Å². The molecular formula is C7H13O8-. The van der Waals surface area contributed by atoms with Crippen molar-refractivity contribution in [3.8, 4) is 0 Å². The molecule has 0 spiro atoms. The Hall–Kier alpha value is -0.770. The number of hydrogen-bond acceptors (Lipinski definition) is 8. The van der Waals surface area contributed by atoms with Gasteiger partial charge in [0.15, 0.2) is 0 Å². The third kappa shape index (κ3) is 3.70. The Kier molecular flexibility index (Phi) is 5.65. The fourth-order valence-corrected chi connectivity index (χ4v) is 0.864. The Balaban J connectivity index is 4.42. The second kappa shape index (κ2) is 5.95. The molecule has 0 amide bonds. The quantitative estimate of drug-likeness (QED) is 0.261. The molecule has 15 heavy (non-hydrogen) atoms. The minimum atomic E-state index is -2.40. The largest absolute Gasteiger partial charge is 0.547 e. The van der Waals surface area contributed by atoms with Crippen molar-refractivity contribution in [3.05, 3.63) is 0 Å². The molecule has 0 fully saturated rings. The van der Waals surface area contributed by atoms with Crippen molar-refractivity contribution in [2.45, 2.75) is 30.5 Å². The minimum Gasteiger partial charge on any atom is -0.547 e. The van der Waals surface area contributed by atoms with Crippen molar-refractivity contribution >= 4 is 5.97 Å². The van der Waals surface area contributed by atoms with Crippen LogP contribution in [0.1, 0.15) is 0 Å². The van der Waals surface area contributed by atoms with Gasteiger partial charge in [0.2, 0.25) is 0 Å². The molecule has 8 nitrogen and oxygen atoms in total. The first kappa shape index (κ1) is 14.2. The molecule has 0 aliphatic heterocycles. The lowest BCUT2D eigenvalue weighted by atomic mass is 9.99. The number of carboxylic acid groups (broad SMARTS) is 1. The van der Waals surface area contributed by atoms with Gasteiger partial charge in [0, 0.05) is 0 Å². The molecule has 0 aromatic rings. The molecule has 90 valence electrons. The van der Waals surface area contributed by atoms with Crippen LogP contribution in [0.2, 0.25) is 0 Å². The minimum absolute atomic E-state index is 0.896. The van der Waals surface area contributed by atoms with Gasteiger partial charge in [-0.25, -0.2) is 0 Å². The molecular weight excluding hydrogens is 212 g/mol. The highest BCUT2D eigenvalue weighted by Crippen LogP contribution is 2.08. The molecule has 0 bridgehead atoms. The summed E-state index contributed by atoms with van der Waals surface area (Å²) in [6, 6.07) is 0. The van der Waals surface area contributed by atoms with Gasteiger partial charge in [-0.05, 0) is 0 Å². The molecule has 8 heteroatoms. The van der Waals surface area contributed by atoms with E-state index < -0.39 is 43.1 Å². The maximum atomic E-state index is 10.1. The summed E-state index contributed by atoms with van der Waals surface area (Å²) in [6.45, 7) is -0.896. The number of hydrogen-bond donors (Lipinski definition) is 6. The Labute approximate surface area is 84.7 Å². The molecule has 0 aliphatic rings. The summed E-state index contributed by atoms with van der Waals surface area (Å²) < 4.78 is 0. The predicted molar refractivity (Wildman–Crippen MR) is 42.1 cm³/mol. The van der Waals surface area contributed by atoms with E-state index in [0.29, 0.717) is 0 Å². The zero-order valence-electron chi connectivity index (χ0n) is 7.59. The van der Waals surface area contributed by atoms with Crippen LogP contribution in [0.5, 0.6) is 0 Å². The van der Waals surface area contributed by atoms with Gasteiger partial charge in [-0.3, -0.25) is 0 Å². The number of carbonyl (C=O) groups is 1. The lowest BCUT2D eigenvalue weighted by Crippen LogP contribution is -2.54. The zero-order valence-corrected chi connectivity index (χ0v) is 7.59. The Morgan fingerprint density at radius 3 is 1.80 bits per heavy atom. The van der Waals surface area contributed by atoms with Crippen LogP contribution in [0.4, 0.5) is 0 Å². The molecule has 0 aliphatic carbocycles. The van der Waals surface area contributed by atoms with Crippen LogP contribution in [-0.2, 0) is 4.79 Å². The summed E-state index contributed by atoms with van der Waals surface area (Å²) in [5.74, 6) is -2.03. The predicted octanol–water partition coefficient (Wildman–Crippen LogP) is -5.47. The highest BCUT2D eigenvalue weighted by molar-refractivity contribution is 5.70. The van der Waals surface area contributed by atoms with Gasteiger partial charge in [0.1, 0.15) is 30.5 Å². The Morgan fingerprint density at radius 1 is 1.00 bits per heavy atom. The topological polar surface area (TPSA) is 162 Å². The zero-order chi connectivity index (χ0) is 12.2. The fraction of sp³-hybridized carbons (Fsp3) is 0.857. The number of aliphatic hydroxyl groups excluding tert-OH is 6. The Morgan fingerprint density at radius 2 is 1.47 bits per heavy atom. The van der Waals surface area contributed by atoms with E-state index in [9.17, 15) is 9.90 Å². The first-order chi connectivity index (χ1) is 6.82. The van der Waals surface area contributed by atoms with Crippen molar-refractivity contribution in [1.82, 2.24) is 0 Å². The van der Waals surface area contributed by atoms with E-state index in [0.717, 1.165) is 0 Å². The van der Waals surface area contributed by atoms with E-state index in [4.69, 9.17) is 30.6 Å². The number of aliphatic carboxylic acids is 1. The molecule has 0 heterocycles. The molecule has 0 saturated heterocycles. The summed E-state index contributed by atoms with van der Waals surface area (Å²) in [4.78, 5) is 10.1. The lowest BCUT2D eigenvalue weighted by Gasteiger charge is -2.28. The SMILES string of the molecule is O=C([O-])C(O)[C@H](O)[C@H](O)[C@H](O)[C@H](O)CO. The van der Waals surface area contributed by atoms with E-state index in [1.54, 1.807) is 0 Å². The number of carboxylic acids is 1. The standard InChI is InChI=1S/C7H14O8/c8-1-2(9)3(10)4(11)5(12)6(13)7(14)15/h2-6,8-13H,1H2,(H,14,15)/p-1/t2-,3-,4-,5-,6?/m1/s1. The molecule has 1 unspecified atom stereocenters. The third-order valence-corrected chi connectivity index (χ3v) is 1.85. The normalized spacial score (nSPS) is 21.5. The summed E-state index contributed by atoms with van der Waals surface area (Å²) in [6.07, 6.45) is -10.5. The van der Waals surface area contributed by atoms with Gasteiger partial charge in [-0.2, -0.15) is 0 Å². The average molecular weight is 225 g/mol. The van der Waals surface area contributed by atoms with Crippen molar-refractivity contribution < 1.29 is 40.5 Å². The van der Waals surface area contributed by atoms with Crippen LogP contribution >= 0.6 is 0 Å². The van der Waals surface area contributed by atoms with Crippen LogP contribution in [0.15, 0.2) is 0 Å². The first-order valence-electron chi connectivity index (χ1n) is 4.05. The third-order valence-electron chi connectivity index (χ3n) is 1.85. The van der Waals surface area contributed by atoms with Gasteiger partial charge < -0.3 is 40.5 Å². The van der Waals surface area contributed by atoms with Gasteiger partial charge in [-0.15, -0.1) is 0 Å². The van der Waals surface area contributed by atoms with Gasteiger partial charge >= 0.3 is 0 Å².